The molecule has 5 nitrogen and oxygen atoms in total. The largest absolute Gasteiger partial charge is 0.454 e. The van der Waals surface area contributed by atoms with E-state index in [-0.39, 0.29) is 11.9 Å². The van der Waals surface area contributed by atoms with Crippen LogP contribution in [0.15, 0.2) is 34.2 Å². The predicted octanol–water partition coefficient (Wildman–Crippen LogP) is 8.96. The summed E-state index contributed by atoms with van der Waals surface area (Å²) in [6.45, 7) is 16.8. The molecule has 3 heterocycles. The van der Waals surface area contributed by atoms with Gasteiger partial charge in [-0.25, -0.2) is 0 Å². The van der Waals surface area contributed by atoms with E-state index in [1.54, 1.807) is 11.1 Å². The van der Waals surface area contributed by atoms with Crippen molar-refractivity contribution in [2.45, 2.75) is 155 Å². The maximum atomic E-state index is 14.0. The summed E-state index contributed by atoms with van der Waals surface area (Å²) in [4.78, 5) is 22.0. The fraction of sp³-hybridized carbons (Fsp3) is 0.833. The zero-order chi connectivity index (χ0) is 33.2. The second kappa shape index (κ2) is 13.2. The van der Waals surface area contributed by atoms with Gasteiger partial charge in [-0.1, -0.05) is 26.7 Å². The standard InChI is InChI=1S/C42H67N3O2/c1-9-44-28(5)39(33-23-26(3)15-21-37(33)44)35(40-29(6)45(10-2)38-22-16-27(4)24-34(38)40)25-42(30-17-19-31(20-18-30)43(7)8)36-14-12-11-13-32(36)41(46)47-42/h25-27,30-34,36-38H,9-24H2,1-8H3. The van der Waals surface area contributed by atoms with E-state index >= 15 is 0 Å². The summed E-state index contributed by atoms with van der Waals surface area (Å²) in [5.41, 5.74) is 7.38. The minimum absolute atomic E-state index is 0.0781. The maximum Gasteiger partial charge on any atom is 0.310 e. The number of ether oxygens (including phenoxy) is 1. The van der Waals surface area contributed by atoms with Gasteiger partial charge in [0.1, 0.15) is 5.60 Å². The Kier molecular flexibility index (Phi) is 9.46. The highest BCUT2D eigenvalue weighted by Gasteiger charge is 2.60. The molecule has 5 fully saturated rings. The number of cyclic esters (lactones) is 1. The molecule has 0 amide bonds. The SMILES string of the molecule is CCN1C(C)=C(C(=CC2(C3CCC(N(C)C)CC3)OC(=O)C3CCCCC32)C2=C(C)N(CC)C3CCC(C)CC23)C2CC(C)CCC21. The van der Waals surface area contributed by atoms with E-state index < -0.39 is 5.60 Å². The third kappa shape index (κ3) is 5.55. The van der Waals surface area contributed by atoms with Crippen molar-refractivity contribution in [3.05, 3.63) is 34.2 Å². The summed E-state index contributed by atoms with van der Waals surface area (Å²) in [5, 5.41) is 0. The molecule has 9 unspecified atom stereocenters. The number of carbonyl (C=O) groups excluding carboxylic acids is 1. The molecule has 1 saturated heterocycles. The Balaban J connectivity index is 1.44. The number of hydrogen-bond donors (Lipinski definition) is 0. The highest BCUT2D eigenvalue weighted by Crippen LogP contribution is 2.58. The predicted molar refractivity (Wildman–Crippen MR) is 193 cm³/mol. The van der Waals surface area contributed by atoms with Gasteiger partial charge >= 0.3 is 5.97 Å². The molecule has 0 bridgehead atoms. The van der Waals surface area contributed by atoms with E-state index in [2.05, 4.69) is 76.4 Å². The Hall–Kier alpha value is -1.75. The Morgan fingerprint density at radius 1 is 0.766 bits per heavy atom. The van der Waals surface area contributed by atoms with E-state index in [0.29, 0.717) is 41.8 Å². The van der Waals surface area contributed by atoms with Crippen LogP contribution in [-0.2, 0) is 9.53 Å². The highest BCUT2D eigenvalue weighted by atomic mass is 16.6. The Morgan fingerprint density at radius 3 is 1.81 bits per heavy atom. The van der Waals surface area contributed by atoms with Gasteiger partial charge in [-0.15, -0.1) is 0 Å². The van der Waals surface area contributed by atoms with Crippen LogP contribution in [0, 0.1) is 41.4 Å². The van der Waals surface area contributed by atoms with Crippen molar-refractivity contribution in [3.63, 3.8) is 0 Å². The van der Waals surface area contributed by atoms with Crippen LogP contribution >= 0.6 is 0 Å². The molecule has 4 aliphatic carbocycles. The summed E-state index contributed by atoms with van der Waals surface area (Å²) >= 11 is 0. The zero-order valence-corrected chi connectivity index (χ0v) is 31.3. The highest BCUT2D eigenvalue weighted by molar-refractivity contribution is 5.77. The molecule has 0 radical (unpaired) electrons. The van der Waals surface area contributed by atoms with Crippen molar-refractivity contribution in [1.29, 1.82) is 0 Å². The second-order valence-electron chi connectivity index (χ2n) is 17.6. The van der Waals surface area contributed by atoms with E-state index in [9.17, 15) is 4.79 Å². The molecule has 7 aliphatic rings. The molecule has 0 aromatic heterocycles. The first kappa shape index (κ1) is 33.7. The summed E-state index contributed by atoms with van der Waals surface area (Å²) in [6.07, 6.45) is 19.9. The number of rotatable bonds is 7. The van der Waals surface area contributed by atoms with Gasteiger partial charge in [0.2, 0.25) is 0 Å². The first-order chi connectivity index (χ1) is 22.6. The summed E-state index contributed by atoms with van der Waals surface area (Å²) in [6, 6.07) is 1.86. The van der Waals surface area contributed by atoms with Gasteiger partial charge < -0.3 is 19.4 Å². The normalized spacial score (nSPS) is 42.1. The zero-order valence-electron chi connectivity index (χ0n) is 31.3. The number of hydrogen-bond acceptors (Lipinski definition) is 5. The number of fused-ring (bicyclic) bond motifs is 3. The molecular formula is C42H67N3O2. The Bertz CT molecular complexity index is 1230. The smallest absolute Gasteiger partial charge is 0.310 e. The molecular weight excluding hydrogens is 578 g/mol. The lowest BCUT2D eigenvalue weighted by atomic mass is 9.62. The monoisotopic (exact) mass is 646 g/mol. The van der Waals surface area contributed by atoms with Gasteiger partial charge in [0.15, 0.2) is 0 Å². The van der Waals surface area contributed by atoms with Gasteiger partial charge in [0, 0.05) is 66.3 Å². The fourth-order valence-electron chi connectivity index (χ4n) is 12.7. The van der Waals surface area contributed by atoms with E-state index in [4.69, 9.17) is 4.74 Å². The van der Waals surface area contributed by atoms with Gasteiger partial charge in [0.25, 0.3) is 0 Å². The van der Waals surface area contributed by atoms with Crippen molar-refractivity contribution in [3.8, 4) is 0 Å². The Labute approximate surface area is 287 Å². The van der Waals surface area contributed by atoms with Crippen LogP contribution in [0.3, 0.4) is 0 Å². The molecule has 3 aliphatic heterocycles. The number of carbonyl (C=O) groups is 1. The molecule has 5 heteroatoms. The van der Waals surface area contributed by atoms with Crippen molar-refractivity contribution >= 4 is 5.97 Å². The summed E-state index contributed by atoms with van der Waals surface area (Å²) in [5.74, 6) is 3.57. The summed E-state index contributed by atoms with van der Waals surface area (Å²) in [7, 11) is 4.50. The lowest BCUT2D eigenvalue weighted by molar-refractivity contribution is -0.152. The van der Waals surface area contributed by atoms with Crippen LogP contribution < -0.4 is 0 Å². The molecule has 0 aromatic rings. The number of nitrogens with zero attached hydrogens (tertiary/aromatic N) is 3. The molecule has 0 spiro atoms. The van der Waals surface area contributed by atoms with Crippen molar-refractivity contribution < 1.29 is 9.53 Å². The fourth-order valence-corrected chi connectivity index (χ4v) is 12.7. The van der Waals surface area contributed by atoms with Crippen LogP contribution in [0.2, 0.25) is 0 Å². The van der Waals surface area contributed by atoms with Crippen LogP contribution in [0.4, 0.5) is 0 Å². The average Bonchev–Trinajstić information content (AvgIpc) is 3.62. The second-order valence-corrected chi connectivity index (χ2v) is 17.6. The van der Waals surface area contributed by atoms with Gasteiger partial charge in [-0.2, -0.15) is 0 Å². The topological polar surface area (TPSA) is 36.0 Å². The molecule has 7 rings (SSSR count). The molecule has 0 aromatic carbocycles. The lowest BCUT2D eigenvalue weighted by Crippen LogP contribution is -2.47. The van der Waals surface area contributed by atoms with E-state index in [0.717, 1.165) is 50.6 Å². The molecule has 262 valence electrons. The Morgan fingerprint density at radius 2 is 1.30 bits per heavy atom. The molecule has 0 N–H and O–H groups in total. The van der Waals surface area contributed by atoms with Gasteiger partial charge in [-0.3, -0.25) is 4.79 Å². The van der Waals surface area contributed by atoms with Crippen molar-refractivity contribution in [1.82, 2.24) is 14.7 Å². The van der Waals surface area contributed by atoms with Gasteiger partial charge in [-0.05, 0) is 153 Å². The molecule has 9 atom stereocenters. The van der Waals surface area contributed by atoms with Crippen LogP contribution in [-0.4, -0.2) is 71.6 Å². The van der Waals surface area contributed by atoms with Crippen molar-refractivity contribution in [2.24, 2.45) is 41.4 Å². The van der Waals surface area contributed by atoms with Crippen LogP contribution in [0.5, 0.6) is 0 Å². The lowest BCUT2D eigenvalue weighted by Gasteiger charge is -2.45. The minimum atomic E-state index is -0.486. The van der Waals surface area contributed by atoms with Crippen LogP contribution in [0.1, 0.15) is 131 Å². The number of allylic oxidation sites excluding steroid dienone is 3. The third-order valence-corrected chi connectivity index (χ3v) is 15.0. The molecule has 47 heavy (non-hydrogen) atoms. The average molecular weight is 646 g/mol. The molecule has 4 saturated carbocycles. The first-order valence-electron chi connectivity index (χ1n) is 20.2. The maximum absolute atomic E-state index is 14.0. The summed E-state index contributed by atoms with van der Waals surface area (Å²) < 4.78 is 7.07. The van der Waals surface area contributed by atoms with Gasteiger partial charge in [0.05, 0.1) is 5.92 Å². The van der Waals surface area contributed by atoms with E-state index in [1.165, 1.54) is 81.2 Å². The first-order valence-corrected chi connectivity index (χ1v) is 20.2. The minimum Gasteiger partial charge on any atom is -0.454 e. The third-order valence-electron chi connectivity index (χ3n) is 15.0. The van der Waals surface area contributed by atoms with E-state index in [1.807, 2.05) is 0 Å². The van der Waals surface area contributed by atoms with Crippen LogP contribution in [0.25, 0.3) is 0 Å². The number of esters is 1. The van der Waals surface area contributed by atoms with Crippen molar-refractivity contribution in [2.75, 3.05) is 27.2 Å². The quantitative estimate of drug-likeness (QED) is 0.258.